The highest BCUT2D eigenvalue weighted by molar-refractivity contribution is 6.34. The van der Waals surface area contributed by atoms with E-state index in [2.05, 4.69) is 47.0 Å². The van der Waals surface area contributed by atoms with Crippen molar-refractivity contribution >= 4 is 41.0 Å². The standard InChI is InChI=1S/C16H14ClNO.C11H15N.C9H8F3NO2/c17-14-9-3-2-8-13(14)16(19)18-11-5-7-12-6-1-4-10-15(12)18;1-2-6-10(7-3-1)12-11-8-4-5-9-11;10-9(11,12)8-3-7(13-5-15)2-1-6(8)4-14/h1-4,6,8-10H,5,7,11H2;1-3,6-7,11-12H,4-5,8-9H2;1-3,5,14H,4H2,(H,13,15). The van der Waals surface area contributed by atoms with E-state index in [9.17, 15) is 22.8 Å². The highest BCUT2D eigenvalue weighted by Gasteiger charge is 2.33. The first-order chi connectivity index (χ1) is 22.2. The molecular weight excluding hydrogens is 615 g/mol. The maximum absolute atomic E-state index is 12.6. The van der Waals surface area contributed by atoms with Crippen molar-refractivity contribution in [2.45, 2.75) is 57.3 Å². The fraction of sp³-hybridized carbons (Fsp3) is 0.278. The van der Waals surface area contributed by atoms with Crippen LogP contribution in [-0.4, -0.2) is 30.0 Å². The Morgan fingerprint density at radius 3 is 2.24 bits per heavy atom. The van der Waals surface area contributed by atoms with Crippen molar-refractivity contribution in [3.63, 3.8) is 0 Å². The number of para-hydroxylation sites is 2. The van der Waals surface area contributed by atoms with Gasteiger partial charge in [0.05, 0.1) is 22.8 Å². The van der Waals surface area contributed by atoms with E-state index in [1.807, 2.05) is 35.2 Å². The number of amides is 2. The van der Waals surface area contributed by atoms with Gasteiger partial charge in [0.1, 0.15) is 0 Å². The molecule has 1 fully saturated rings. The van der Waals surface area contributed by atoms with Crippen LogP contribution >= 0.6 is 11.6 Å². The summed E-state index contributed by atoms with van der Waals surface area (Å²) in [7, 11) is 0. The molecule has 0 aromatic heterocycles. The van der Waals surface area contributed by atoms with Crippen molar-refractivity contribution < 1.29 is 27.9 Å². The highest BCUT2D eigenvalue weighted by Crippen LogP contribution is 2.34. The van der Waals surface area contributed by atoms with Gasteiger partial charge in [-0.15, -0.1) is 0 Å². The van der Waals surface area contributed by atoms with Gasteiger partial charge in [-0.05, 0) is 79.3 Å². The number of rotatable bonds is 6. The summed E-state index contributed by atoms with van der Waals surface area (Å²) in [6.07, 6.45) is 3.24. The third kappa shape index (κ3) is 9.58. The number of nitrogens with zero attached hydrogens (tertiary/aromatic N) is 1. The summed E-state index contributed by atoms with van der Waals surface area (Å²) in [4.78, 5) is 24.5. The number of carbonyl (C=O) groups excluding carboxylic acids is 2. The molecule has 0 unspecified atom stereocenters. The summed E-state index contributed by atoms with van der Waals surface area (Å²) in [5.74, 6) is -0.0160. The quantitative estimate of drug-likeness (QED) is 0.182. The van der Waals surface area contributed by atoms with E-state index in [-0.39, 0.29) is 23.6 Å². The summed E-state index contributed by atoms with van der Waals surface area (Å²) in [6.45, 7) is 0.0529. The van der Waals surface area contributed by atoms with Crippen LogP contribution in [0.4, 0.5) is 30.2 Å². The van der Waals surface area contributed by atoms with Gasteiger partial charge in [-0.1, -0.05) is 79.0 Å². The van der Waals surface area contributed by atoms with E-state index >= 15 is 0 Å². The molecule has 0 atom stereocenters. The number of aliphatic hydroxyl groups is 1. The molecule has 0 spiro atoms. The van der Waals surface area contributed by atoms with E-state index < -0.39 is 18.3 Å². The zero-order chi connectivity index (χ0) is 32.9. The topological polar surface area (TPSA) is 81.7 Å². The lowest BCUT2D eigenvalue weighted by Crippen LogP contribution is -2.35. The normalized spacial score (nSPS) is 14.2. The molecule has 1 heterocycles. The van der Waals surface area contributed by atoms with E-state index in [4.69, 9.17) is 16.7 Å². The molecule has 6 rings (SSSR count). The Hall–Kier alpha value is -4.34. The van der Waals surface area contributed by atoms with Crippen LogP contribution in [0.3, 0.4) is 0 Å². The number of carbonyl (C=O) groups is 2. The van der Waals surface area contributed by atoms with Crippen LogP contribution in [0.25, 0.3) is 0 Å². The average molecular weight is 652 g/mol. The Morgan fingerprint density at radius 2 is 1.57 bits per heavy atom. The fourth-order valence-corrected chi connectivity index (χ4v) is 5.72. The molecule has 0 saturated heterocycles. The van der Waals surface area contributed by atoms with Crippen LogP contribution in [0, 0.1) is 0 Å². The summed E-state index contributed by atoms with van der Waals surface area (Å²) >= 11 is 6.12. The first kappa shape index (κ1) is 34.5. The number of fused-ring (bicyclic) bond motifs is 1. The van der Waals surface area contributed by atoms with Crippen LogP contribution < -0.4 is 15.5 Å². The molecule has 0 bridgehead atoms. The zero-order valence-electron chi connectivity index (χ0n) is 25.3. The number of nitrogens with one attached hydrogen (secondary N) is 2. The highest BCUT2D eigenvalue weighted by atomic mass is 35.5. The summed E-state index contributed by atoms with van der Waals surface area (Å²) < 4.78 is 37.3. The van der Waals surface area contributed by atoms with Crippen LogP contribution in [-0.2, 0) is 24.0 Å². The van der Waals surface area contributed by atoms with Crippen molar-refractivity contribution in [3.05, 3.63) is 124 Å². The number of halogens is 4. The van der Waals surface area contributed by atoms with Gasteiger partial charge in [0, 0.05) is 29.6 Å². The maximum Gasteiger partial charge on any atom is 0.416 e. The molecule has 2 amide bonds. The third-order valence-electron chi connectivity index (χ3n) is 7.77. The summed E-state index contributed by atoms with van der Waals surface area (Å²) in [5, 5.41) is 14.9. The van der Waals surface area contributed by atoms with Gasteiger partial charge in [0.15, 0.2) is 0 Å². The minimum Gasteiger partial charge on any atom is -0.392 e. The van der Waals surface area contributed by atoms with Crippen LogP contribution in [0.2, 0.25) is 5.02 Å². The average Bonchev–Trinajstić information content (AvgIpc) is 3.58. The maximum atomic E-state index is 12.6. The second kappa shape index (κ2) is 16.8. The van der Waals surface area contributed by atoms with Gasteiger partial charge in [0.2, 0.25) is 6.41 Å². The molecule has 1 saturated carbocycles. The number of hydrogen-bond donors (Lipinski definition) is 3. The number of aryl methyl sites for hydroxylation is 1. The van der Waals surface area contributed by atoms with Crippen molar-refractivity contribution in [1.82, 2.24) is 0 Å². The van der Waals surface area contributed by atoms with Gasteiger partial charge < -0.3 is 20.6 Å². The van der Waals surface area contributed by atoms with E-state index in [0.29, 0.717) is 10.6 Å². The molecule has 46 heavy (non-hydrogen) atoms. The minimum absolute atomic E-state index is 0.0160. The van der Waals surface area contributed by atoms with Gasteiger partial charge in [-0.2, -0.15) is 13.2 Å². The fourth-order valence-electron chi connectivity index (χ4n) is 5.50. The SMILES string of the molecule is O=C(c1ccccc1Cl)N1CCCc2ccccc21.O=CNc1ccc(CO)c(C(F)(F)F)c1.c1ccc(NC2CCCC2)cc1. The van der Waals surface area contributed by atoms with Crippen molar-refractivity contribution in [1.29, 1.82) is 0 Å². The molecule has 0 radical (unpaired) electrons. The minimum atomic E-state index is -4.54. The van der Waals surface area contributed by atoms with Gasteiger partial charge in [-0.3, -0.25) is 9.59 Å². The molecular formula is C36H37ClF3N3O3. The molecule has 1 aliphatic heterocycles. The Balaban J connectivity index is 0.000000161. The number of hydrogen-bond acceptors (Lipinski definition) is 4. The molecule has 1 aliphatic carbocycles. The summed E-state index contributed by atoms with van der Waals surface area (Å²) in [6, 6.07) is 29.7. The molecule has 242 valence electrons. The van der Waals surface area contributed by atoms with Gasteiger partial charge in [-0.25, -0.2) is 0 Å². The number of aliphatic hydroxyl groups excluding tert-OH is 1. The van der Waals surface area contributed by atoms with E-state index in [0.717, 1.165) is 43.2 Å². The van der Waals surface area contributed by atoms with Crippen molar-refractivity contribution in [3.8, 4) is 0 Å². The number of benzene rings is 4. The smallest absolute Gasteiger partial charge is 0.392 e. The monoisotopic (exact) mass is 651 g/mol. The lowest BCUT2D eigenvalue weighted by Gasteiger charge is -2.29. The summed E-state index contributed by atoms with van der Waals surface area (Å²) in [5.41, 5.74) is 2.95. The molecule has 4 aromatic carbocycles. The predicted molar refractivity (Wildman–Crippen MR) is 177 cm³/mol. The molecule has 10 heteroatoms. The predicted octanol–water partition coefficient (Wildman–Crippen LogP) is 8.74. The first-order valence-corrected chi connectivity index (χ1v) is 15.6. The largest absolute Gasteiger partial charge is 0.416 e. The van der Waals surface area contributed by atoms with Gasteiger partial charge in [0.25, 0.3) is 5.91 Å². The van der Waals surface area contributed by atoms with E-state index in [1.165, 1.54) is 43.0 Å². The lowest BCUT2D eigenvalue weighted by molar-refractivity contribution is -0.138. The lowest BCUT2D eigenvalue weighted by atomic mass is 10.0. The molecule has 4 aromatic rings. The zero-order valence-corrected chi connectivity index (χ0v) is 26.0. The second-order valence-electron chi connectivity index (χ2n) is 11.0. The van der Waals surface area contributed by atoms with Crippen molar-refractivity contribution in [2.24, 2.45) is 0 Å². The molecule has 3 N–H and O–H groups in total. The van der Waals surface area contributed by atoms with Crippen molar-refractivity contribution in [2.75, 3.05) is 22.1 Å². The van der Waals surface area contributed by atoms with Crippen LogP contribution in [0.15, 0.2) is 97.1 Å². The molecule has 2 aliphatic rings. The van der Waals surface area contributed by atoms with Crippen LogP contribution in [0.5, 0.6) is 0 Å². The Kier molecular flexibility index (Phi) is 12.6. The molecule has 6 nitrogen and oxygen atoms in total. The van der Waals surface area contributed by atoms with Gasteiger partial charge >= 0.3 is 6.18 Å². The Morgan fingerprint density at radius 1 is 0.891 bits per heavy atom. The van der Waals surface area contributed by atoms with E-state index in [1.54, 1.807) is 12.1 Å². The van der Waals surface area contributed by atoms with Crippen LogP contribution in [0.1, 0.15) is 59.2 Å². The number of alkyl halides is 3. The third-order valence-corrected chi connectivity index (χ3v) is 8.10. The Labute approximate surface area is 272 Å². The second-order valence-corrected chi connectivity index (χ2v) is 11.4. The number of anilines is 3. The first-order valence-electron chi connectivity index (χ1n) is 15.2. The Bertz CT molecular complexity index is 1580.